The molecule has 0 aromatic heterocycles. The molecule has 3 nitrogen and oxygen atoms in total. The van der Waals surface area contributed by atoms with Gasteiger partial charge in [0, 0.05) is 22.1 Å². The first kappa shape index (κ1) is 18.8. The van der Waals surface area contributed by atoms with Crippen molar-refractivity contribution in [3.8, 4) is 0 Å². The van der Waals surface area contributed by atoms with E-state index in [2.05, 4.69) is 31.1 Å². The van der Waals surface area contributed by atoms with Crippen molar-refractivity contribution < 1.29 is 0 Å². The average Bonchev–Trinajstić information content (AvgIpc) is 3.03. The first-order valence-corrected chi connectivity index (χ1v) is 7.55. The van der Waals surface area contributed by atoms with Gasteiger partial charge in [-0.3, -0.25) is 4.99 Å². The molecule has 2 rings (SSSR count). The van der Waals surface area contributed by atoms with Crippen LogP contribution in [0.25, 0.3) is 0 Å². The van der Waals surface area contributed by atoms with E-state index < -0.39 is 0 Å². The number of guanidine groups is 1. The number of rotatable bonds is 3. The van der Waals surface area contributed by atoms with Gasteiger partial charge in [-0.15, -0.1) is 24.0 Å². The Morgan fingerprint density at radius 2 is 2.05 bits per heavy atom. The number of nitrogens with zero attached hydrogens (tertiary/aromatic N) is 1. The van der Waals surface area contributed by atoms with Gasteiger partial charge in [-0.1, -0.05) is 29.3 Å². The summed E-state index contributed by atoms with van der Waals surface area (Å²) in [5.41, 5.74) is 6.97. The topological polar surface area (TPSA) is 50.4 Å². The van der Waals surface area contributed by atoms with E-state index in [9.17, 15) is 0 Å². The predicted molar refractivity (Wildman–Crippen MR) is 102 cm³/mol. The van der Waals surface area contributed by atoms with Crippen LogP contribution in [-0.2, 0) is 0 Å². The largest absolute Gasteiger partial charge is 0.370 e. The molecule has 0 saturated heterocycles. The Morgan fingerprint density at radius 3 is 2.62 bits per heavy atom. The summed E-state index contributed by atoms with van der Waals surface area (Å²) >= 11 is 12.1. The monoisotopic (exact) mass is 441 g/mol. The normalized spacial score (nSPS) is 21.7. The van der Waals surface area contributed by atoms with Crippen LogP contribution in [0.1, 0.15) is 38.7 Å². The average molecular weight is 442 g/mol. The maximum Gasteiger partial charge on any atom is 0.188 e. The summed E-state index contributed by atoms with van der Waals surface area (Å²) in [7, 11) is 0. The van der Waals surface area contributed by atoms with E-state index in [1.165, 1.54) is 5.56 Å². The molecule has 0 spiro atoms. The molecule has 118 valence electrons. The summed E-state index contributed by atoms with van der Waals surface area (Å²) in [6.45, 7) is 6.91. The molecule has 0 amide bonds. The number of hydrogen-bond acceptors (Lipinski definition) is 1. The molecule has 6 heteroatoms. The molecule has 1 fully saturated rings. The standard InChI is InChI=1S/C15H21Cl2N3.HI/c1-15(2,3)20-14(18)19-8-9-6-12(9)11-5-4-10(16)7-13(11)17;/h4-5,7,9,12H,6,8H2,1-3H3,(H3,18,19,20);1H. The van der Waals surface area contributed by atoms with Crippen molar-refractivity contribution >= 4 is 53.1 Å². The Labute approximate surface area is 153 Å². The molecule has 1 aliphatic rings. The molecule has 21 heavy (non-hydrogen) atoms. The third-order valence-electron chi connectivity index (χ3n) is 3.28. The SMILES string of the molecule is CC(C)(C)NC(N)=NCC1CC1c1ccc(Cl)cc1Cl.I. The maximum absolute atomic E-state index is 6.22. The van der Waals surface area contributed by atoms with Gasteiger partial charge in [0.15, 0.2) is 5.96 Å². The second-order valence-electron chi connectivity index (χ2n) is 6.37. The Kier molecular flexibility index (Phi) is 6.62. The van der Waals surface area contributed by atoms with E-state index in [1.54, 1.807) is 6.07 Å². The Bertz CT molecular complexity index is 526. The van der Waals surface area contributed by atoms with Crippen molar-refractivity contribution in [3.05, 3.63) is 33.8 Å². The minimum atomic E-state index is -0.0595. The highest BCUT2D eigenvalue weighted by atomic mass is 127. The zero-order chi connectivity index (χ0) is 14.9. The van der Waals surface area contributed by atoms with E-state index in [4.69, 9.17) is 28.9 Å². The van der Waals surface area contributed by atoms with E-state index in [0.717, 1.165) is 18.0 Å². The van der Waals surface area contributed by atoms with Crippen molar-refractivity contribution in [2.45, 2.75) is 38.6 Å². The van der Waals surface area contributed by atoms with Gasteiger partial charge in [0.25, 0.3) is 0 Å². The molecule has 0 bridgehead atoms. The minimum Gasteiger partial charge on any atom is -0.370 e. The van der Waals surface area contributed by atoms with E-state index >= 15 is 0 Å². The lowest BCUT2D eigenvalue weighted by atomic mass is 10.1. The summed E-state index contributed by atoms with van der Waals surface area (Å²) < 4.78 is 0. The van der Waals surface area contributed by atoms with Crippen LogP contribution in [-0.4, -0.2) is 18.0 Å². The quantitative estimate of drug-likeness (QED) is 0.414. The number of benzene rings is 1. The van der Waals surface area contributed by atoms with Gasteiger partial charge in [-0.25, -0.2) is 0 Å². The second-order valence-corrected chi connectivity index (χ2v) is 7.21. The van der Waals surface area contributed by atoms with Gasteiger partial charge in [0.1, 0.15) is 0 Å². The molecular weight excluding hydrogens is 420 g/mol. The van der Waals surface area contributed by atoms with Gasteiger partial charge in [-0.2, -0.15) is 0 Å². The molecule has 0 heterocycles. The lowest BCUT2D eigenvalue weighted by molar-refractivity contribution is 0.508. The highest BCUT2D eigenvalue weighted by Crippen LogP contribution is 2.49. The Hall–Kier alpha value is -0.200. The number of nitrogens with one attached hydrogen (secondary N) is 1. The van der Waals surface area contributed by atoms with Crippen molar-refractivity contribution in [2.24, 2.45) is 16.6 Å². The molecule has 2 atom stereocenters. The lowest BCUT2D eigenvalue weighted by Crippen LogP contribution is -2.45. The summed E-state index contributed by atoms with van der Waals surface area (Å²) in [6.07, 6.45) is 1.10. The van der Waals surface area contributed by atoms with Crippen molar-refractivity contribution in [3.63, 3.8) is 0 Å². The van der Waals surface area contributed by atoms with Gasteiger partial charge >= 0.3 is 0 Å². The molecular formula is C15H22Cl2IN3. The van der Waals surface area contributed by atoms with E-state index in [0.29, 0.717) is 22.8 Å². The van der Waals surface area contributed by atoms with Crippen LogP contribution in [0, 0.1) is 5.92 Å². The van der Waals surface area contributed by atoms with Crippen molar-refractivity contribution in [1.82, 2.24) is 5.32 Å². The van der Waals surface area contributed by atoms with Gasteiger partial charge in [0.2, 0.25) is 0 Å². The number of nitrogens with two attached hydrogens (primary N) is 1. The summed E-state index contributed by atoms with van der Waals surface area (Å²) in [6, 6.07) is 5.69. The van der Waals surface area contributed by atoms with Crippen LogP contribution in [0.4, 0.5) is 0 Å². The highest BCUT2D eigenvalue weighted by molar-refractivity contribution is 14.0. The number of aliphatic imine (C=N–C) groups is 1. The van der Waals surface area contributed by atoms with Crippen LogP contribution in [0.2, 0.25) is 10.0 Å². The number of halogens is 3. The highest BCUT2D eigenvalue weighted by Gasteiger charge is 2.39. The third-order valence-corrected chi connectivity index (χ3v) is 3.85. The molecule has 0 radical (unpaired) electrons. The zero-order valence-electron chi connectivity index (χ0n) is 12.5. The molecule has 1 aliphatic carbocycles. The van der Waals surface area contributed by atoms with Gasteiger partial charge in [0.05, 0.1) is 0 Å². The lowest BCUT2D eigenvalue weighted by Gasteiger charge is -2.20. The van der Waals surface area contributed by atoms with Crippen LogP contribution >= 0.6 is 47.2 Å². The summed E-state index contributed by atoms with van der Waals surface area (Å²) in [4.78, 5) is 4.41. The third kappa shape index (κ3) is 5.83. The molecule has 3 N–H and O–H groups in total. The van der Waals surface area contributed by atoms with Crippen molar-refractivity contribution in [1.29, 1.82) is 0 Å². The van der Waals surface area contributed by atoms with Gasteiger partial charge in [-0.05, 0) is 56.7 Å². The van der Waals surface area contributed by atoms with Crippen LogP contribution < -0.4 is 11.1 Å². The molecule has 1 saturated carbocycles. The molecule has 1 aromatic carbocycles. The first-order valence-electron chi connectivity index (χ1n) is 6.79. The smallest absolute Gasteiger partial charge is 0.188 e. The summed E-state index contributed by atoms with van der Waals surface area (Å²) in [5.74, 6) is 1.50. The molecule has 1 aromatic rings. The maximum atomic E-state index is 6.22. The van der Waals surface area contributed by atoms with E-state index in [1.807, 2.05) is 12.1 Å². The fourth-order valence-corrected chi connectivity index (χ4v) is 2.82. The summed E-state index contributed by atoms with van der Waals surface area (Å²) in [5, 5.41) is 4.58. The second kappa shape index (κ2) is 7.38. The predicted octanol–water partition coefficient (Wildman–Crippen LogP) is 4.42. The van der Waals surface area contributed by atoms with Crippen LogP contribution in [0.5, 0.6) is 0 Å². The minimum absolute atomic E-state index is 0. The molecule has 2 unspecified atom stereocenters. The Morgan fingerprint density at radius 1 is 1.38 bits per heavy atom. The number of hydrogen-bond donors (Lipinski definition) is 2. The van der Waals surface area contributed by atoms with Gasteiger partial charge < -0.3 is 11.1 Å². The van der Waals surface area contributed by atoms with Crippen LogP contribution in [0.3, 0.4) is 0 Å². The Balaban J connectivity index is 0.00000220. The fraction of sp³-hybridized carbons (Fsp3) is 0.533. The molecule has 0 aliphatic heterocycles. The van der Waals surface area contributed by atoms with E-state index in [-0.39, 0.29) is 29.5 Å². The van der Waals surface area contributed by atoms with Crippen molar-refractivity contribution in [2.75, 3.05) is 6.54 Å². The fourth-order valence-electron chi connectivity index (χ4n) is 2.27. The first-order chi connectivity index (χ1) is 9.26. The van der Waals surface area contributed by atoms with Crippen LogP contribution in [0.15, 0.2) is 23.2 Å². The zero-order valence-corrected chi connectivity index (χ0v) is 16.3.